The lowest BCUT2D eigenvalue weighted by Gasteiger charge is -2.21. The minimum atomic E-state index is -0.0691. The van der Waals surface area contributed by atoms with Gasteiger partial charge in [0.05, 0.1) is 13.2 Å². The zero-order valence-electron chi connectivity index (χ0n) is 12.8. The molecule has 0 bridgehead atoms. The van der Waals surface area contributed by atoms with Gasteiger partial charge in [-0.2, -0.15) is 0 Å². The average molecular weight is 303 g/mol. The maximum atomic E-state index is 12.5. The Hall–Kier alpha value is -1.81. The number of hydrogen-bond acceptors (Lipinski definition) is 3. The number of thiophene rings is 1. The third-order valence-corrected chi connectivity index (χ3v) is 4.43. The Morgan fingerprint density at radius 3 is 2.62 bits per heavy atom. The van der Waals surface area contributed by atoms with Crippen LogP contribution in [0.4, 0.5) is 0 Å². The Bertz CT molecular complexity index is 605. The number of ether oxygens (including phenoxy) is 1. The van der Waals surface area contributed by atoms with E-state index in [1.54, 1.807) is 24.5 Å². The SMILES string of the molecule is COc1cc(C(=O)N[C@H](c2cccs2)C(C)C)ccc1C. The summed E-state index contributed by atoms with van der Waals surface area (Å²) in [6, 6.07) is 9.63. The van der Waals surface area contributed by atoms with Crippen LogP contribution in [0, 0.1) is 12.8 Å². The molecule has 0 unspecified atom stereocenters. The highest BCUT2D eigenvalue weighted by Crippen LogP contribution is 2.26. The minimum Gasteiger partial charge on any atom is -0.496 e. The third-order valence-electron chi connectivity index (χ3n) is 3.47. The molecule has 0 radical (unpaired) electrons. The molecule has 2 rings (SSSR count). The molecule has 0 aliphatic rings. The molecule has 1 aromatic carbocycles. The maximum absolute atomic E-state index is 12.5. The highest BCUT2D eigenvalue weighted by molar-refractivity contribution is 7.10. The lowest BCUT2D eigenvalue weighted by Crippen LogP contribution is -2.31. The summed E-state index contributed by atoms with van der Waals surface area (Å²) >= 11 is 1.67. The molecule has 112 valence electrons. The molecule has 1 heterocycles. The molecule has 4 heteroatoms. The van der Waals surface area contributed by atoms with E-state index in [0.29, 0.717) is 11.5 Å². The number of amides is 1. The summed E-state index contributed by atoms with van der Waals surface area (Å²) in [4.78, 5) is 13.7. The number of carbonyl (C=O) groups excluding carboxylic acids is 1. The van der Waals surface area contributed by atoms with Gasteiger partial charge in [0.2, 0.25) is 0 Å². The van der Waals surface area contributed by atoms with Gasteiger partial charge in [0.1, 0.15) is 5.75 Å². The van der Waals surface area contributed by atoms with Gasteiger partial charge in [-0.3, -0.25) is 4.79 Å². The molecule has 3 nitrogen and oxygen atoms in total. The normalized spacial score (nSPS) is 12.2. The van der Waals surface area contributed by atoms with Crippen molar-refractivity contribution in [3.05, 3.63) is 51.7 Å². The summed E-state index contributed by atoms with van der Waals surface area (Å²) in [6.07, 6.45) is 0. The molecule has 0 saturated carbocycles. The van der Waals surface area contributed by atoms with Crippen LogP contribution in [-0.4, -0.2) is 13.0 Å². The molecule has 0 saturated heterocycles. The molecular weight excluding hydrogens is 282 g/mol. The summed E-state index contributed by atoms with van der Waals surface area (Å²) in [5.41, 5.74) is 1.65. The van der Waals surface area contributed by atoms with E-state index in [9.17, 15) is 4.79 Å². The first-order chi connectivity index (χ1) is 10.0. The predicted octanol–water partition coefficient (Wildman–Crippen LogP) is 4.19. The summed E-state index contributed by atoms with van der Waals surface area (Å²) < 4.78 is 5.28. The average Bonchev–Trinajstić information content (AvgIpc) is 2.98. The smallest absolute Gasteiger partial charge is 0.251 e. The van der Waals surface area contributed by atoms with Crippen LogP contribution in [0.5, 0.6) is 5.75 Å². The number of hydrogen-bond donors (Lipinski definition) is 1. The summed E-state index contributed by atoms with van der Waals surface area (Å²) in [5, 5.41) is 5.16. The van der Waals surface area contributed by atoms with Gasteiger partial charge in [0.25, 0.3) is 5.91 Å². The quantitative estimate of drug-likeness (QED) is 0.899. The van der Waals surface area contributed by atoms with Crippen LogP contribution in [0.15, 0.2) is 35.7 Å². The van der Waals surface area contributed by atoms with Crippen molar-refractivity contribution in [1.29, 1.82) is 0 Å². The van der Waals surface area contributed by atoms with E-state index >= 15 is 0 Å². The standard InChI is InChI=1S/C17H21NO2S/c1-11(2)16(15-6-5-9-21-15)18-17(19)13-8-7-12(3)14(10-13)20-4/h5-11,16H,1-4H3,(H,18,19)/t16-/m0/s1. The zero-order valence-corrected chi connectivity index (χ0v) is 13.7. The van der Waals surface area contributed by atoms with Gasteiger partial charge in [0.15, 0.2) is 0 Å². The Balaban J connectivity index is 2.20. The van der Waals surface area contributed by atoms with Crippen LogP contribution in [0.1, 0.15) is 40.7 Å². The third kappa shape index (κ3) is 3.64. The molecule has 0 spiro atoms. The van der Waals surface area contributed by atoms with Gasteiger partial charge in [-0.1, -0.05) is 26.0 Å². The fraction of sp³-hybridized carbons (Fsp3) is 0.353. The molecule has 0 fully saturated rings. The maximum Gasteiger partial charge on any atom is 0.251 e. The van der Waals surface area contributed by atoms with E-state index in [2.05, 4.69) is 25.2 Å². The first-order valence-electron chi connectivity index (χ1n) is 7.02. The largest absolute Gasteiger partial charge is 0.496 e. The molecule has 1 amide bonds. The predicted molar refractivity (Wildman–Crippen MR) is 87.1 cm³/mol. The molecule has 1 atom stereocenters. The molecule has 1 aromatic heterocycles. The van der Waals surface area contributed by atoms with Gasteiger partial charge < -0.3 is 10.1 Å². The van der Waals surface area contributed by atoms with E-state index in [4.69, 9.17) is 4.74 Å². The van der Waals surface area contributed by atoms with Crippen LogP contribution in [0.25, 0.3) is 0 Å². The molecular formula is C17H21NO2S. The first-order valence-corrected chi connectivity index (χ1v) is 7.89. The van der Waals surface area contributed by atoms with Crippen molar-refractivity contribution in [2.45, 2.75) is 26.8 Å². The van der Waals surface area contributed by atoms with Crippen molar-refractivity contribution in [3.8, 4) is 5.75 Å². The number of rotatable bonds is 5. The lowest BCUT2D eigenvalue weighted by molar-refractivity contribution is 0.0926. The Labute approximate surface area is 130 Å². The summed E-state index contributed by atoms with van der Waals surface area (Å²) in [6.45, 7) is 6.18. The van der Waals surface area contributed by atoms with Gasteiger partial charge in [0, 0.05) is 10.4 Å². The van der Waals surface area contributed by atoms with Crippen molar-refractivity contribution in [2.24, 2.45) is 5.92 Å². The van der Waals surface area contributed by atoms with Crippen LogP contribution >= 0.6 is 11.3 Å². The van der Waals surface area contributed by atoms with Crippen molar-refractivity contribution in [1.82, 2.24) is 5.32 Å². The van der Waals surface area contributed by atoms with E-state index in [-0.39, 0.29) is 11.9 Å². The van der Waals surface area contributed by atoms with Crippen LogP contribution in [0.3, 0.4) is 0 Å². The van der Waals surface area contributed by atoms with E-state index in [1.807, 2.05) is 30.5 Å². The first kappa shape index (κ1) is 15.6. The fourth-order valence-electron chi connectivity index (χ4n) is 2.22. The van der Waals surface area contributed by atoms with Crippen LogP contribution < -0.4 is 10.1 Å². The highest BCUT2D eigenvalue weighted by Gasteiger charge is 2.20. The van der Waals surface area contributed by atoms with Crippen molar-refractivity contribution >= 4 is 17.2 Å². The van der Waals surface area contributed by atoms with Crippen molar-refractivity contribution in [2.75, 3.05) is 7.11 Å². The van der Waals surface area contributed by atoms with Crippen molar-refractivity contribution < 1.29 is 9.53 Å². The molecule has 21 heavy (non-hydrogen) atoms. The van der Waals surface area contributed by atoms with Crippen LogP contribution in [0.2, 0.25) is 0 Å². The van der Waals surface area contributed by atoms with Gasteiger partial charge in [-0.25, -0.2) is 0 Å². The second-order valence-corrected chi connectivity index (χ2v) is 6.37. The minimum absolute atomic E-state index is 0.0322. The van der Waals surface area contributed by atoms with Crippen LogP contribution in [-0.2, 0) is 0 Å². The number of carbonyl (C=O) groups is 1. The van der Waals surface area contributed by atoms with E-state index in [0.717, 1.165) is 11.3 Å². The lowest BCUT2D eigenvalue weighted by atomic mass is 10.0. The highest BCUT2D eigenvalue weighted by atomic mass is 32.1. The van der Waals surface area contributed by atoms with E-state index in [1.165, 1.54) is 4.88 Å². The number of methoxy groups -OCH3 is 1. The fourth-order valence-corrected chi connectivity index (χ4v) is 3.17. The Morgan fingerprint density at radius 2 is 2.05 bits per heavy atom. The topological polar surface area (TPSA) is 38.3 Å². The zero-order chi connectivity index (χ0) is 15.4. The van der Waals surface area contributed by atoms with Gasteiger partial charge >= 0.3 is 0 Å². The summed E-state index contributed by atoms with van der Waals surface area (Å²) in [7, 11) is 1.62. The molecule has 0 aliphatic carbocycles. The second kappa shape index (κ2) is 6.76. The molecule has 0 aliphatic heterocycles. The van der Waals surface area contributed by atoms with Gasteiger partial charge in [-0.15, -0.1) is 11.3 Å². The molecule has 2 aromatic rings. The van der Waals surface area contributed by atoms with E-state index < -0.39 is 0 Å². The number of aryl methyl sites for hydroxylation is 1. The monoisotopic (exact) mass is 303 g/mol. The Kier molecular flexibility index (Phi) is 5.02. The molecule has 1 N–H and O–H groups in total. The van der Waals surface area contributed by atoms with Crippen molar-refractivity contribution in [3.63, 3.8) is 0 Å². The number of nitrogens with one attached hydrogen (secondary N) is 1. The summed E-state index contributed by atoms with van der Waals surface area (Å²) in [5.74, 6) is 1.00. The second-order valence-electron chi connectivity index (χ2n) is 5.39. The van der Waals surface area contributed by atoms with Gasteiger partial charge in [-0.05, 0) is 42.0 Å². The Morgan fingerprint density at radius 1 is 1.29 bits per heavy atom. The number of benzene rings is 1.